The molecule has 0 saturated heterocycles. The maximum absolute atomic E-state index is 12.9. The first-order valence-corrected chi connectivity index (χ1v) is 10.6. The molecule has 0 saturated carbocycles. The third kappa shape index (κ3) is 5.21. The van der Waals surface area contributed by atoms with E-state index in [1.165, 1.54) is 12.1 Å². The van der Waals surface area contributed by atoms with Crippen molar-refractivity contribution in [3.05, 3.63) is 92.8 Å². The van der Waals surface area contributed by atoms with Crippen molar-refractivity contribution in [3.63, 3.8) is 0 Å². The van der Waals surface area contributed by atoms with Crippen molar-refractivity contribution in [1.29, 1.82) is 0 Å². The second-order valence-corrected chi connectivity index (χ2v) is 7.66. The van der Waals surface area contributed by atoms with Gasteiger partial charge in [0, 0.05) is 21.8 Å². The summed E-state index contributed by atoms with van der Waals surface area (Å²) in [6.07, 6.45) is 0. The number of aromatic amines is 1. The van der Waals surface area contributed by atoms with E-state index < -0.39 is 24.3 Å². The summed E-state index contributed by atoms with van der Waals surface area (Å²) in [4.78, 5) is 53.3. The molecule has 0 spiro atoms. The first kappa shape index (κ1) is 23.9. The van der Waals surface area contributed by atoms with Crippen molar-refractivity contribution < 1.29 is 28.7 Å². The second-order valence-electron chi connectivity index (χ2n) is 7.23. The van der Waals surface area contributed by atoms with Gasteiger partial charge in [0.25, 0.3) is 0 Å². The third-order valence-electron chi connectivity index (χ3n) is 5.03. The average Bonchev–Trinajstić information content (AvgIpc) is 3.11. The zero-order valence-corrected chi connectivity index (χ0v) is 19.1. The average molecular weight is 468 g/mol. The van der Waals surface area contributed by atoms with E-state index in [1.807, 2.05) is 0 Å². The van der Waals surface area contributed by atoms with Gasteiger partial charge in [-0.1, -0.05) is 29.8 Å². The van der Waals surface area contributed by atoms with Crippen LogP contribution >= 0.6 is 11.6 Å². The highest BCUT2D eigenvalue weighted by Crippen LogP contribution is 2.21. The van der Waals surface area contributed by atoms with Crippen LogP contribution in [0.15, 0.2) is 48.5 Å². The summed E-state index contributed by atoms with van der Waals surface area (Å²) in [6.45, 7) is 4.60. The van der Waals surface area contributed by atoms with E-state index in [4.69, 9.17) is 21.1 Å². The monoisotopic (exact) mass is 467 g/mol. The molecule has 1 N–H and O–H groups in total. The minimum absolute atomic E-state index is 0.0388. The van der Waals surface area contributed by atoms with Crippen molar-refractivity contribution in [2.24, 2.45) is 0 Å². The van der Waals surface area contributed by atoms with Crippen LogP contribution in [0.25, 0.3) is 0 Å². The molecule has 7 nitrogen and oxygen atoms in total. The number of Topliss-reactive ketones (excluding diaryl/α,β-unsaturated/α-hetero) is 1. The molecule has 1 heterocycles. The maximum Gasteiger partial charge on any atom is 0.340 e. The molecule has 1 aromatic heterocycles. The second kappa shape index (κ2) is 10.3. The predicted molar refractivity (Wildman–Crippen MR) is 122 cm³/mol. The summed E-state index contributed by atoms with van der Waals surface area (Å²) in [5.41, 5.74) is 1.90. The van der Waals surface area contributed by atoms with Crippen LogP contribution in [0.3, 0.4) is 0 Å². The van der Waals surface area contributed by atoms with Gasteiger partial charge in [-0.3, -0.25) is 9.59 Å². The van der Waals surface area contributed by atoms with E-state index in [9.17, 15) is 19.2 Å². The fraction of sp³-hybridized carbons (Fsp3) is 0.200. The van der Waals surface area contributed by atoms with E-state index in [1.54, 1.807) is 57.2 Å². The number of hydrogen-bond donors (Lipinski definition) is 1. The summed E-state index contributed by atoms with van der Waals surface area (Å²) >= 11 is 5.88. The van der Waals surface area contributed by atoms with Crippen LogP contribution in [0.1, 0.15) is 65.3 Å². The van der Waals surface area contributed by atoms with E-state index >= 15 is 0 Å². The molecule has 8 heteroatoms. The van der Waals surface area contributed by atoms with Crippen molar-refractivity contribution in [3.8, 4) is 0 Å². The van der Waals surface area contributed by atoms with Gasteiger partial charge in [0.1, 0.15) is 0 Å². The Morgan fingerprint density at radius 1 is 0.879 bits per heavy atom. The molecular weight excluding hydrogens is 446 g/mol. The largest absolute Gasteiger partial charge is 0.462 e. The molecule has 3 rings (SSSR count). The first-order chi connectivity index (χ1) is 15.7. The van der Waals surface area contributed by atoms with Gasteiger partial charge in [-0.05, 0) is 56.7 Å². The van der Waals surface area contributed by atoms with Gasteiger partial charge in [-0.25, -0.2) is 9.59 Å². The number of nitrogens with one attached hydrogen (secondary N) is 1. The van der Waals surface area contributed by atoms with Gasteiger partial charge in [0.05, 0.1) is 23.4 Å². The fourth-order valence-electron chi connectivity index (χ4n) is 3.44. The van der Waals surface area contributed by atoms with E-state index in [2.05, 4.69) is 4.98 Å². The number of benzene rings is 2. The molecule has 170 valence electrons. The Balaban J connectivity index is 1.76. The van der Waals surface area contributed by atoms with E-state index in [-0.39, 0.29) is 34.8 Å². The number of aryl methyl sites for hydroxylation is 1. The molecule has 0 amide bonds. The number of hydrogen-bond acceptors (Lipinski definition) is 6. The molecule has 33 heavy (non-hydrogen) atoms. The van der Waals surface area contributed by atoms with Crippen LogP contribution in [0.4, 0.5) is 0 Å². The fourth-order valence-corrected chi connectivity index (χ4v) is 3.56. The third-order valence-corrected chi connectivity index (χ3v) is 5.28. The van der Waals surface area contributed by atoms with Crippen LogP contribution < -0.4 is 0 Å². The Morgan fingerprint density at radius 2 is 1.52 bits per heavy atom. The van der Waals surface area contributed by atoms with Crippen LogP contribution in [-0.4, -0.2) is 41.7 Å². The molecule has 2 aromatic carbocycles. The summed E-state index contributed by atoms with van der Waals surface area (Å²) in [6, 6.07) is 12.5. The van der Waals surface area contributed by atoms with Crippen molar-refractivity contribution >= 4 is 35.1 Å². The lowest BCUT2D eigenvalue weighted by molar-refractivity contribution is 0.0470. The lowest BCUT2D eigenvalue weighted by Gasteiger charge is -2.09. The van der Waals surface area contributed by atoms with Gasteiger partial charge in [0.15, 0.2) is 12.4 Å². The highest BCUT2D eigenvalue weighted by atomic mass is 35.5. The van der Waals surface area contributed by atoms with Crippen molar-refractivity contribution in [1.82, 2.24) is 4.98 Å². The number of rotatable bonds is 8. The summed E-state index contributed by atoms with van der Waals surface area (Å²) in [5.74, 6) is -2.23. The van der Waals surface area contributed by atoms with Gasteiger partial charge in [-0.15, -0.1) is 0 Å². The SMILES string of the molecule is CCOC(=O)c1c(C)[nH]c(C(=O)COC(=O)c2ccccc2C(=O)c2ccc(Cl)cc2)c1C. The van der Waals surface area contributed by atoms with E-state index in [0.717, 1.165) is 0 Å². The molecule has 3 aromatic rings. The molecule has 0 bridgehead atoms. The van der Waals surface area contributed by atoms with Crippen molar-refractivity contribution in [2.75, 3.05) is 13.2 Å². The van der Waals surface area contributed by atoms with Gasteiger partial charge in [0.2, 0.25) is 5.78 Å². The van der Waals surface area contributed by atoms with Crippen LogP contribution in [0.5, 0.6) is 0 Å². The topological polar surface area (TPSA) is 103 Å². The molecule has 0 unspecified atom stereocenters. The molecular formula is C25H22ClNO6. The van der Waals surface area contributed by atoms with Gasteiger partial charge < -0.3 is 14.5 Å². The highest BCUT2D eigenvalue weighted by molar-refractivity contribution is 6.30. The summed E-state index contributed by atoms with van der Waals surface area (Å²) in [5, 5.41) is 0.485. The smallest absolute Gasteiger partial charge is 0.340 e. The lowest BCUT2D eigenvalue weighted by atomic mass is 9.98. The molecule has 0 atom stereocenters. The number of carbonyl (C=O) groups is 4. The number of aromatic nitrogens is 1. The van der Waals surface area contributed by atoms with Crippen LogP contribution in [0.2, 0.25) is 5.02 Å². The van der Waals surface area contributed by atoms with Gasteiger partial charge >= 0.3 is 11.9 Å². The number of halogens is 1. The number of ether oxygens (including phenoxy) is 2. The Kier molecular flexibility index (Phi) is 7.45. The summed E-state index contributed by atoms with van der Waals surface area (Å²) in [7, 11) is 0. The minimum atomic E-state index is -0.812. The Labute approximate surface area is 195 Å². The number of ketones is 2. The van der Waals surface area contributed by atoms with E-state index in [0.29, 0.717) is 21.8 Å². The zero-order chi connectivity index (χ0) is 24.1. The summed E-state index contributed by atoms with van der Waals surface area (Å²) < 4.78 is 10.2. The standard InChI is InChI=1S/C25H22ClNO6/c1-4-32-25(31)21-14(2)22(27-15(21)3)20(28)13-33-24(30)19-8-6-5-7-18(19)23(29)16-9-11-17(26)12-10-16/h5-12,27H,4,13H2,1-3H3. The molecule has 0 aliphatic carbocycles. The molecule has 0 aliphatic rings. The molecule has 0 aliphatic heterocycles. The number of esters is 2. The Bertz CT molecular complexity index is 1230. The van der Waals surface area contributed by atoms with Crippen LogP contribution in [0, 0.1) is 13.8 Å². The Hall–Kier alpha value is -3.71. The quantitative estimate of drug-likeness (QED) is 0.379. The maximum atomic E-state index is 12.9. The van der Waals surface area contributed by atoms with Gasteiger partial charge in [-0.2, -0.15) is 0 Å². The number of carbonyl (C=O) groups excluding carboxylic acids is 4. The molecule has 0 radical (unpaired) electrons. The predicted octanol–water partition coefficient (Wildman–Crippen LogP) is 4.73. The lowest BCUT2D eigenvalue weighted by Crippen LogP contribution is -2.18. The highest BCUT2D eigenvalue weighted by Gasteiger charge is 2.25. The van der Waals surface area contributed by atoms with Crippen LogP contribution in [-0.2, 0) is 9.47 Å². The zero-order valence-electron chi connectivity index (χ0n) is 18.4. The number of H-pyrrole nitrogens is 1. The Morgan fingerprint density at radius 3 is 2.15 bits per heavy atom. The molecule has 0 fully saturated rings. The minimum Gasteiger partial charge on any atom is -0.462 e. The van der Waals surface area contributed by atoms with Crippen molar-refractivity contribution in [2.45, 2.75) is 20.8 Å². The first-order valence-electron chi connectivity index (χ1n) is 10.2. The normalized spacial score (nSPS) is 10.5.